The maximum atomic E-state index is 13.4. The molecule has 1 saturated heterocycles. The minimum atomic E-state index is -0.293. The number of hydrogen-bond acceptors (Lipinski definition) is 7. The Morgan fingerprint density at radius 2 is 1.46 bits per heavy atom. The molecule has 3 aromatic carbocycles. The quantitative estimate of drug-likeness (QED) is 0.105. The van der Waals surface area contributed by atoms with Gasteiger partial charge in [0.1, 0.15) is 11.5 Å². The van der Waals surface area contributed by atoms with Crippen LogP contribution in [0.1, 0.15) is 58.6 Å². The Morgan fingerprint density at radius 1 is 0.754 bits per heavy atom. The number of ketones is 1. The summed E-state index contributed by atoms with van der Waals surface area (Å²) in [5, 5.41) is 3.39. The topological polar surface area (TPSA) is 101 Å². The summed E-state index contributed by atoms with van der Waals surface area (Å²) >= 11 is 0. The van der Waals surface area contributed by atoms with E-state index in [2.05, 4.69) is 94.4 Å². The highest BCUT2D eigenvalue weighted by Crippen LogP contribution is 2.36. The molecule has 1 aliphatic heterocycles. The Balaban J connectivity index is 0.974. The van der Waals surface area contributed by atoms with Crippen molar-refractivity contribution in [1.82, 2.24) is 24.8 Å². The van der Waals surface area contributed by atoms with Gasteiger partial charge in [0.25, 0.3) is 0 Å². The SMILES string of the molecule is CC(=O)CC(C)(C)COCC(C)(C)CC(=O)N1CCN(Cc2ccc(-c3c[nH]c4ccncc34)c(OCCc3ccc(-c4cccc5ccncc45)cc3)c2)CC1. The second kappa shape index (κ2) is 17.4. The van der Waals surface area contributed by atoms with Crippen LogP contribution in [0.4, 0.5) is 0 Å². The van der Waals surface area contributed by atoms with Gasteiger partial charge in [0, 0.05) is 110 Å². The molecule has 0 bridgehead atoms. The van der Waals surface area contributed by atoms with E-state index in [4.69, 9.17) is 9.47 Å². The standard InChI is InChI=1S/C48H55N5O4/c1-34(54)26-47(2,3)32-56-33-48(4,5)27-46(55)53-22-20-52(21-23-53)31-36-11-14-40(42-30-51-44-16-19-50-29-43(42)44)45(25-36)57-24-17-35-9-12-38(13-10-35)39-8-6-7-37-15-18-49-28-41(37)39/h6-16,18-19,25,28-30,51H,17,20-24,26-27,31-33H2,1-5H3. The van der Waals surface area contributed by atoms with Gasteiger partial charge in [0.05, 0.1) is 19.8 Å². The van der Waals surface area contributed by atoms with E-state index >= 15 is 0 Å². The average molecular weight is 766 g/mol. The van der Waals surface area contributed by atoms with Crippen molar-refractivity contribution in [2.75, 3.05) is 46.0 Å². The highest BCUT2D eigenvalue weighted by Gasteiger charge is 2.29. The number of carbonyl (C=O) groups excluding carboxylic acids is 2. The van der Waals surface area contributed by atoms with E-state index in [1.807, 2.05) is 55.7 Å². The molecule has 3 aromatic heterocycles. The first kappa shape index (κ1) is 39.8. The van der Waals surface area contributed by atoms with Crippen molar-refractivity contribution in [3.05, 3.63) is 115 Å². The van der Waals surface area contributed by atoms with Crippen molar-refractivity contribution in [2.24, 2.45) is 10.8 Å². The van der Waals surface area contributed by atoms with E-state index in [0.29, 0.717) is 45.8 Å². The van der Waals surface area contributed by atoms with E-state index in [1.165, 1.54) is 27.6 Å². The van der Waals surface area contributed by atoms with Gasteiger partial charge >= 0.3 is 0 Å². The molecular weight excluding hydrogens is 711 g/mol. The summed E-state index contributed by atoms with van der Waals surface area (Å²) in [4.78, 5) is 41.5. The first-order valence-corrected chi connectivity index (χ1v) is 20.1. The van der Waals surface area contributed by atoms with Gasteiger partial charge in [-0.05, 0) is 63.6 Å². The smallest absolute Gasteiger partial charge is 0.223 e. The number of nitrogens with zero attached hydrogens (tertiary/aromatic N) is 4. The lowest BCUT2D eigenvalue weighted by Gasteiger charge is -2.36. The third-order valence-electron chi connectivity index (χ3n) is 10.9. The first-order valence-electron chi connectivity index (χ1n) is 20.1. The zero-order chi connectivity index (χ0) is 40.0. The molecule has 6 aromatic rings. The van der Waals surface area contributed by atoms with Crippen LogP contribution in [0.5, 0.6) is 5.75 Å². The number of nitrogens with one attached hydrogen (secondary N) is 1. The summed E-state index contributed by atoms with van der Waals surface area (Å²) in [6.07, 6.45) is 11.2. The molecule has 0 saturated carbocycles. The Kier molecular flexibility index (Phi) is 12.2. The fourth-order valence-electron chi connectivity index (χ4n) is 8.00. The minimum Gasteiger partial charge on any atom is -0.493 e. The number of amides is 1. The lowest BCUT2D eigenvalue weighted by Crippen LogP contribution is -2.49. The number of H-pyrrole nitrogens is 1. The fourth-order valence-corrected chi connectivity index (χ4v) is 8.00. The zero-order valence-corrected chi connectivity index (χ0v) is 34.0. The van der Waals surface area contributed by atoms with Gasteiger partial charge < -0.3 is 24.2 Å². The lowest BCUT2D eigenvalue weighted by atomic mass is 9.87. The molecule has 1 fully saturated rings. The van der Waals surface area contributed by atoms with Crippen LogP contribution in [0.2, 0.25) is 0 Å². The molecule has 1 aliphatic rings. The van der Waals surface area contributed by atoms with Crippen LogP contribution in [0.25, 0.3) is 43.9 Å². The third kappa shape index (κ3) is 10.1. The van der Waals surface area contributed by atoms with Crippen molar-refractivity contribution in [3.63, 3.8) is 0 Å². The second-order valence-electron chi connectivity index (χ2n) is 17.2. The van der Waals surface area contributed by atoms with Crippen molar-refractivity contribution in [3.8, 4) is 28.0 Å². The Morgan fingerprint density at radius 3 is 2.21 bits per heavy atom. The van der Waals surface area contributed by atoms with Crippen molar-refractivity contribution >= 4 is 33.4 Å². The second-order valence-corrected chi connectivity index (χ2v) is 17.2. The fraction of sp³-hybridized carbons (Fsp3) is 0.375. The summed E-state index contributed by atoms with van der Waals surface area (Å²) in [6.45, 7) is 15.1. The van der Waals surface area contributed by atoms with Crippen LogP contribution in [0.3, 0.4) is 0 Å². The Labute approximate surface area is 336 Å². The van der Waals surface area contributed by atoms with Crippen LogP contribution in [0.15, 0.2) is 104 Å². The molecular formula is C48H55N5O4. The van der Waals surface area contributed by atoms with Crippen LogP contribution in [-0.2, 0) is 27.3 Å². The molecule has 4 heterocycles. The van der Waals surface area contributed by atoms with Crippen molar-refractivity contribution < 1.29 is 19.1 Å². The van der Waals surface area contributed by atoms with Gasteiger partial charge in [-0.2, -0.15) is 0 Å². The number of carbonyl (C=O) groups is 2. The van der Waals surface area contributed by atoms with E-state index < -0.39 is 0 Å². The summed E-state index contributed by atoms with van der Waals surface area (Å²) in [7, 11) is 0. The summed E-state index contributed by atoms with van der Waals surface area (Å²) in [5.41, 5.74) is 7.36. The highest BCUT2D eigenvalue weighted by atomic mass is 16.5. The number of hydrogen-bond donors (Lipinski definition) is 1. The molecule has 296 valence electrons. The van der Waals surface area contributed by atoms with Crippen LogP contribution in [-0.4, -0.2) is 82.4 Å². The number of piperazine rings is 1. The predicted octanol–water partition coefficient (Wildman–Crippen LogP) is 9.15. The zero-order valence-electron chi connectivity index (χ0n) is 34.0. The molecule has 0 radical (unpaired) electrons. The number of benzene rings is 3. The van der Waals surface area contributed by atoms with Gasteiger partial charge in [-0.1, -0.05) is 82.3 Å². The Hall–Kier alpha value is -5.38. The van der Waals surface area contributed by atoms with E-state index in [1.54, 1.807) is 13.1 Å². The summed E-state index contributed by atoms with van der Waals surface area (Å²) < 4.78 is 12.7. The summed E-state index contributed by atoms with van der Waals surface area (Å²) in [6, 6.07) is 25.7. The maximum absolute atomic E-state index is 13.4. The number of aromatic nitrogens is 3. The van der Waals surface area contributed by atoms with Gasteiger partial charge in [-0.15, -0.1) is 0 Å². The van der Waals surface area contributed by atoms with E-state index in [0.717, 1.165) is 59.2 Å². The molecule has 1 amide bonds. The average Bonchev–Trinajstić information content (AvgIpc) is 3.61. The van der Waals surface area contributed by atoms with Gasteiger partial charge in [-0.25, -0.2) is 0 Å². The molecule has 0 unspecified atom stereocenters. The van der Waals surface area contributed by atoms with Crippen molar-refractivity contribution in [2.45, 2.75) is 60.4 Å². The molecule has 0 aliphatic carbocycles. The molecule has 57 heavy (non-hydrogen) atoms. The minimum absolute atomic E-state index is 0.163. The van der Waals surface area contributed by atoms with Gasteiger partial charge in [0.2, 0.25) is 5.91 Å². The van der Waals surface area contributed by atoms with E-state index in [-0.39, 0.29) is 22.5 Å². The number of pyridine rings is 2. The van der Waals surface area contributed by atoms with Crippen LogP contribution in [0, 0.1) is 10.8 Å². The molecule has 9 nitrogen and oxygen atoms in total. The maximum Gasteiger partial charge on any atom is 0.223 e. The number of fused-ring (bicyclic) bond motifs is 2. The first-order chi connectivity index (χ1) is 27.4. The summed E-state index contributed by atoms with van der Waals surface area (Å²) in [5.74, 6) is 1.18. The normalized spacial score (nSPS) is 14.0. The third-order valence-corrected chi connectivity index (χ3v) is 10.9. The van der Waals surface area contributed by atoms with Crippen molar-refractivity contribution in [1.29, 1.82) is 0 Å². The number of aromatic amines is 1. The van der Waals surface area contributed by atoms with Crippen LogP contribution >= 0.6 is 0 Å². The lowest BCUT2D eigenvalue weighted by molar-refractivity contribution is -0.136. The largest absolute Gasteiger partial charge is 0.493 e. The Bertz CT molecular complexity index is 2320. The van der Waals surface area contributed by atoms with Gasteiger partial charge in [-0.3, -0.25) is 19.7 Å². The number of ether oxygens (including phenoxy) is 2. The molecule has 1 N–H and O–H groups in total. The van der Waals surface area contributed by atoms with Gasteiger partial charge in [0.15, 0.2) is 0 Å². The predicted molar refractivity (Wildman–Crippen MR) is 228 cm³/mol. The number of Topliss-reactive ketones (excluding diaryl/α,β-unsaturated/α-hetero) is 1. The molecule has 7 rings (SSSR count). The highest BCUT2D eigenvalue weighted by molar-refractivity contribution is 5.97. The molecule has 0 spiro atoms. The van der Waals surface area contributed by atoms with Crippen LogP contribution < -0.4 is 4.74 Å². The monoisotopic (exact) mass is 765 g/mol. The number of rotatable bonds is 16. The van der Waals surface area contributed by atoms with E-state index in [9.17, 15) is 9.59 Å². The molecule has 9 heteroatoms. The molecule has 0 atom stereocenters.